The number of nitrogens with one attached hydrogen (secondary N) is 1. The molecule has 0 spiro atoms. The average Bonchev–Trinajstić information content (AvgIpc) is 3.26. The Morgan fingerprint density at radius 3 is 2.66 bits per heavy atom. The summed E-state index contributed by atoms with van der Waals surface area (Å²) in [6, 6.07) is 7.48. The van der Waals surface area contributed by atoms with Crippen LogP contribution in [-0.2, 0) is 9.53 Å². The molecule has 3 aromatic rings. The zero-order valence-electron chi connectivity index (χ0n) is 15.9. The van der Waals surface area contributed by atoms with Crippen molar-refractivity contribution >= 4 is 55.9 Å². The normalized spacial score (nSPS) is 10.8. The summed E-state index contributed by atoms with van der Waals surface area (Å²) in [7, 11) is 0. The van der Waals surface area contributed by atoms with Crippen molar-refractivity contribution in [1.82, 2.24) is 10.2 Å². The number of hydrogen-bond acceptors (Lipinski definition) is 8. The van der Waals surface area contributed by atoms with Crippen LogP contribution >= 0.6 is 39.0 Å². The van der Waals surface area contributed by atoms with Crippen LogP contribution in [0.4, 0.5) is 5.00 Å². The highest BCUT2D eigenvalue weighted by molar-refractivity contribution is 9.10. The van der Waals surface area contributed by atoms with Crippen molar-refractivity contribution in [3.63, 3.8) is 0 Å². The Balaban J connectivity index is 1.63. The fourth-order valence-corrected chi connectivity index (χ4v) is 4.32. The van der Waals surface area contributed by atoms with Crippen LogP contribution in [0.3, 0.4) is 0 Å². The number of anilines is 1. The number of carbonyl (C=O) groups is 2. The minimum atomic E-state index is -0.437. The summed E-state index contributed by atoms with van der Waals surface area (Å²) < 4.78 is 11.7. The van der Waals surface area contributed by atoms with Crippen LogP contribution in [0.15, 0.2) is 38.4 Å². The molecular weight excluding hydrogens is 478 g/mol. The number of aromatic nitrogens is 2. The molecule has 0 fully saturated rings. The first-order valence-corrected chi connectivity index (χ1v) is 11.3. The number of hydrogen-bond donors (Lipinski definition) is 1. The summed E-state index contributed by atoms with van der Waals surface area (Å²) >= 11 is 5.86. The van der Waals surface area contributed by atoms with Gasteiger partial charge in [0.15, 0.2) is 0 Å². The molecule has 2 heterocycles. The van der Waals surface area contributed by atoms with Gasteiger partial charge in [-0.2, -0.15) is 0 Å². The van der Waals surface area contributed by atoms with Crippen LogP contribution in [0.5, 0.6) is 0 Å². The van der Waals surface area contributed by atoms with Crippen molar-refractivity contribution in [2.24, 2.45) is 0 Å². The molecule has 0 saturated carbocycles. The van der Waals surface area contributed by atoms with Crippen LogP contribution in [0, 0.1) is 13.8 Å². The van der Waals surface area contributed by atoms with E-state index in [9.17, 15) is 9.59 Å². The summed E-state index contributed by atoms with van der Waals surface area (Å²) in [5.41, 5.74) is 2.01. The van der Waals surface area contributed by atoms with E-state index in [-0.39, 0.29) is 18.3 Å². The number of thioether (sulfide) groups is 1. The molecule has 0 bridgehead atoms. The van der Waals surface area contributed by atoms with E-state index >= 15 is 0 Å². The number of rotatable bonds is 7. The highest BCUT2D eigenvalue weighted by Crippen LogP contribution is 2.33. The maximum atomic E-state index is 12.4. The molecule has 152 valence electrons. The minimum absolute atomic E-state index is 0.0697. The van der Waals surface area contributed by atoms with E-state index in [4.69, 9.17) is 9.15 Å². The van der Waals surface area contributed by atoms with Gasteiger partial charge in [0.05, 0.1) is 17.9 Å². The Hall–Kier alpha value is -2.17. The van der Waals surface area contributed by atoms with Crippen LogP contribution in [0.2, 0.25) is 0 Å². The van der Waals surface area contributed by atoms with Crippen molar-refractivity contribution in [3.8, 4) is 11.5 Å². The fraction of sp³-hybridized carbons (Fsp3) is 0.263. The molecule has 7 nitrogen and oxygen atoms in total. The van der Waals surface area contributed by atoms with E-state index in [1.807, 2.05) is 38.1 Å². The quantitative estimate of drug-likeness (QED) is 0.360. The zero-order chi connectivity index (χ0) is 21.0. The molecule has 10 heteroatoms. The van der Waals surface area contributed by atoms with Crippen LogP contribution in [-0.4, -0.2) is 34.4 Å². The van der Waals surface area contributed by atoms with E-state index in [2.05, 4.69) is 31.4 Å². The lowest BCUT2D eigenvalue weighted by molar-refractivity contribution is -0.113. The Bertz CT molecular complexity index is 1030. The van der Waals surface area contributed by atoms with E-state index in [1.165, 1.54) is 11.3 Å². The Morgan fingerprint density at radius 1 is 1.24 bits per heavy atom. The number of nitrogens with zero attached hydrogens (tertiary/aromatic N) is 2. The molecule has 1 N–H and O–H groups in total. The molecule has 0 unspecified atom stereocenters. The Labute approximate surface area is 184 Å². The maximum Gasteiger partial charge on any atom is 0.341 e. The molecule has 0 saturated heterocycles. The molecular formula is C19H18BrN3O4S2. The number of thiophene rings is 1. The molecule has 0 radical (unpaired) electrons. The van der Waals surface area contributed by atoms with Gasteiger partial charge >= 0.3 is 5.97 Å². The first-order valence-electron chi connectivity index (χ1n) is 8.68. The Kier molecular flexibility index (Phi) is 7.09. The van der Waals surface area contributed by atoms with Gasteiger partial charge in [-0.25, -0.2) is 4.79 Å². The lowest BCUT2D eigenvalue weighted by atomic mass is 10.1. The number of amides is 1. The zero-order valence-corrected chi connectivity index (χ0v) is 19.2. The van der Waals surface area contributed by atoms with E-state index in [0.717, 1.165) is 32.2 Å². The first kappa shape index (κ1) is 21.5. The summed E-state index contributed by atoms with van der Waals surface area (Å²) in [5, 5.41) is 11.5. The minimum Gasteiger partial charge on any atom is -0.462 e. The second-order valence-corrected chi connectivity index (χ2v) is 8.99. The topological polar surface area (TPSA) is 94.3 Å². The third-order valence-corrected chi connectivity index (χ3v) is 6.41. The van der Waals surface area contributed by atoms with Crippen LogP contribution in [0.25, 0.3) is 11.5 Å². The van der Waals surface area contributed by atoms with Gasteiger partial charge in [-0.3, -0.25) is 4.79 Å². The SMILES string of the molecule is CCOC(=O)c1c(NC(=O)CSc2nnc(-c3ccc(Br)cc3)o2)sc(C)c1C. The highest BCUT2D eigenvalue weighted by atomic mass is 79.9. The monoisotopic (exact) mass is 495 g/mol. The van der Waals surface area contributed by atoms with Gasteiger partial charge in [0.2, 0.25) is 11.8 Å². The van der Waals surface area contributed by atoms with Crippen molar-refractivity contribution in [1.29, 1.82) is 0 Å². The fourth-order valence-electron chi connectivity index (χ4n) is 2.43. The molecule has 2 aromatic heterocycles. The molecule has 0 aliphatic heterocycles. The smallest absolute Gasteiger partial charge is 0.341 e. The molecule has 1 amide bonds. The van der Waals surface area contributed by atoms with Gasteiger partial charge in [0, 0.05) is 14.9 Å². The average molecular weight is 496 g/mol. The summed E-state index contributed by atoms with van der Waals surface area (Å²) in [4.78, 5) is 25.5. The number of aryl methyl sites for hydroxylation is 1. The molecule has 1 aromatic carbocycles. The number of ether oxygens (including phenoxy) is 1. The van der Waals surface area contributed by atoms with E-state index in [0.29, 0.717) is 21.7 Å². The van der Waals surface area contributed by atoms with Gasteiger partial charge in [0.25, 0.3) is 5.22 Å². The van der Waals surface area contributed by atoms with Gasteiger partial charge in [-0.05, 0) is 50.6 Å². The number of benzene rings is 1. The second-order valence-electron chi connectivity index (χ2n) is 5.92. The largest absolute Gasteiger partial charge is 0.462 e. The lowest BCUT2D eigenvalue weighted by Crippen LogP contribution is -2.16. The maximum absolute atomic E-state index is 12.4. The number of esters is 1. The lowest BCUT2D eigenvalue weighted by Gasteiger charge is -2.06. The van der Waals surface area contributed by atoms with E-state index < -0.39 is 5.97 Å². The second kappa shape index (κ2) is 9.55. The molecule has 0 aliphatic rings. The summed E-state index contributed by atoms with van der Waals surface area (Å²) in [6.45, 7) is 5.75. The third-order valence-electron chi connectivity index (χ3n) is 3.94. The van der Waals surface area contributed by atoms with Crippen molar-refractivity contribution < 1.29 is 18.7 Å². The first-order chi connectivity index (χ1) is 13.9. The Morgan fingerprint density at radius 2 is 1.97 bits per heavy atom. The number of carbonyl (C=O) groups excluding carboxylic acids is 2. The molecule has 3 rings (SSSR count). The van der Waals surface area contributed by atoms with Gasteiger partial charge in [0.1, 0.15) is 5.00 Å². The van der Waals surface area contributed by atoms with Crippen LogP contribution in [0.1, 0.15) is 27.7 Å². The summed E-state index contributed by atoms with van der Waals surface area (Å²) in [5.74, 6) is -0.256. The van der Waals surface area contributed by atoms with Gasteiger partial charge < -0.3 is 14.5 Å². The van der Waals surface area contributed by atoms with E-state index in [1.54, 1.807) is 6.92 Å². The van der Waals surface area contributed by atoms with Gasteiger partial charge in [-0.15, -0.1) is 21.5 Å². The predicted molar refractivity (Wildman–Crippen MR) is 117 cm³/mol. The predicted octanol–water partition coefficient (Wildman–Crippen LogP) is 5.08. The number of halogens is 1. The summed E-state index contributed by atoms with van der Waals surface area (Å²) in [6.07, 6.45) is 0. The van der Waals surface area contributed by atoms with Crippen molar-refractivity contribution in [2.75, 3.05) is 17.7 Å². The standard InChI is InChI=1S/C19H18BrN3O4S2/c1-4-26-18(25)15-10(2)11(3)29-17(15)21-14(24)9-28-19-23-22-16(27-19)12-5-7-13(20)8-6-12/h5-8H,4,9H2,1-3H3,(H,21,24). The molecule has 29 heavy (non-hydrogen) atoms. The van der Waals surface area contributed by atoms with Crippen molar-refractivity contribution in [3.05, 3.63) is 44.7 Å². The third kappa shape index (κ3) is 5.26. The van der Waals surface area contributed by atoms with Crippen molar-refractivity contribution in [2.45, 2.75) is 26.0 Å². The highest BCUT2D eigenvalue weighted by Gasteiger charge is 2.22. The molecule has 0 atom stereocenters. The molecule has 0 aliphatic carbocycles. The van der Waals surface area contributed by atoms with Crippen LogP contribution < -0.4 is 5.32 Å². The van der Waals surface area contributed by atoms with Gasteiger partial charge in [-0.1, -0.05) is 27.7 Å².